The van der Waals surface area contributed by atoms with E-state index in [1.54, 1.807) is 27.7 Å². The summed E-state index contributed by atoms with van der Waals surface area (Å²) in [6.45, 7) is 7.60. The Balaban J connectivity index is 4.12. The highest BCUT2D eigenvalue weighted by Crippen LogP contribution is 2.56. The molecule has 0 aliphatic heterocycles. The molecule has 0 N–H and O–H groups in total. The molecule has 0 heterocycles. The molecule has 12 nitrogen and oxygen atoms in total. The maximum atomic E-state index is 14.1. The Labute approximate surface area is 155 Å². The average molecular weight is 403 g/mol. The van der Waals surface area contributed by atoms with Crippen molar-refractivity contribution in [2.24, 2.45) is 0 Å². The van der Waals surface area contributed by atoms with E-state index in [1.165, 1.54) is 9.34 Å². The summed E-state index contributed by atoms with van der Waals surface area (Å²) < 4.78 is 17.0. The maximum absolute atomic E-state index is 14.1. The second kappa shape index (κ2) is 8.98. The number of non-ortho nitro benzene ring substituents is 1. The van der Waals surface area contributed by atoms with E-state index in [0.29, 0.717) is 12.1 Å². The molecule has 0 atom stereocenters. The van der Waals surface area contributed by atoms with Crippen LogP contribution < -0.4 is 5.30 Å². The molecule has 0 saturated heterocycles. The molecule has 0 unspecified atom stereocenters. The van der Waals surface area contributed by atoms with Gasteiger partial charge in [-0.3, -0.25) is 34.9 Å². The third kappa shape index (κ3) is 4.12. The van der Waals surface area contributed by atoms with Crippen LogP contribution in [0.4, 0.5) is 17.1 Å². The van der Waals surface area contributed by atoms with Crippen LogP contribution in [0.3, 0.4) is 0 Å². The van der Waals surface area contributed by atoms with Crippen molar-refractivity contribution in [2.45, 2.75) is 27.7 Å². The van der Waals surface area contributed by atoms with Crippen molar-refractivity contribution in [3.8, 4) is 0 Å². The molecule has 0 bridgehead atoms. The van der Waals surface area contributed by atoms with E-state index in [1.807, 2.05) is 0 Å². The normalized spacial score (nSPS) is 11.8. The summed E-state index contributed by atoms with van der Waals surface area (Å²) in [6.07, 6.45) is 0. The van der Waals surface area contributed by atoms with Gasteiger partial charge in [0.05, 0.1) is 26.9 Å². The fourth-order valence-corrected chi connectivity index (χ4v) is 6.29. The van der Waals surface area contributed by atoms with Gasteiger partial charge in [0.25, 0.3) is 24.5 Å². The van der Waals surface area contributed by atoms with E-state index in [2.05, 4.69) is 0 Å². The highest BCUT2D eigenvalue weighted by atomic mass is 31.2. The molecule has 13 heteroatoms. The largest absolute Gasteiger partial charge is 0.296 e. The standard InChI is InChI=1S/C14H22N5O7P/c1-5-15(6-2)27(26,16(7-3)8-4)14-12(18(22)23)9-11(17(20)21)10-13(14)19(24)25/h9-10H,5-8H2,1-4H3. The zero-order valence-corrected chi connectivity index (χ0v) is 16.4. The summed E-state index contributed by atoms with van der Waals surface area (Å²) in [5, 5.41) is 33.7. The van der Waals surface area contributed by atoms with Gasteiger partial charge in [-0.15, -0.1) is 0 Å². The Kier molecular flexibility index (Phi) is 7.52. The number of nitro groups is 3. The summed E-state index contributed by atoms with van der Waals surface area (Å²) in [6, 6.07) is 1.25. The monoisotopic (exact) mass is 403 g/mol. The van der Waals surface area contributed by atoms with Crippen molar-refractivity contribution >= 4 is 29.8 Å². The van der Waals surface area contributed by atoms with E-state index in [0.717, 1.165) is 0 Å². The van der Waals surface area contributed by atoms with Crippen LogP contribution in [0.2, 0.25) is 0 Å². The van der Waals surface area contributed by atoms with Crippen molar-refractivity contribution in [2.75, 3.05) is 26.2 Å². The van der Waals surface area contributed by atoms with Crippen LogP contribution >= 0.6 is 7.44 Å². The lowest BCUT2D eigenvalue weighted by Gasteiger charge is -2.36. The third-order valence-corrected chi connectivity index (χ3v) is 7.88. The van der Waals surface area contributed by atoms with Crippen molar-refractivity contribution < 1.29 is 19.3 Å². The number of nitro benzene ring substituents is 3. The average Bonchev–Trinajstić information content (AvgIpc) is 2.62. The van der Waals surface area contributed by atoms with Gasteiger partial charge >= 0.3 is 0 Å². The van der Waals surface area contributed by atoms with Gasteiger partial charge in [0.2, 0.25) is 0 Å². The van der Waals surface area contributed by atoms with E-state index in [4.69, 9.17) is 0 Å². The van der Waals surface area contributed by atoms with Gasteiger partial charge in [-0.2, -0.15) is 0 Å². The Hall–Kier alpha value is -2.43. The quantitative estimate of drug-likeness (QED) is 0.326. The minimum absolute atomic E-state index is 0.218. The molecule has 1 aromatic carbocycles. The Morgan fingerprint density at radius 3 is 1.33 bits per heavy atom. The fraction of sp³-hybridized carbons (Fsp3) is 0.571. The molecule has 150 valence electrons. The topological polar surface area (TPSA) is 153 Å². The van der Waals surface area contributed by atoms with Gasteiger partial charge in [0.1, 0.15) is 0 Å². The smallest absolute Gasteiger partial charge is 0.283 e. The molecular weight excluding hydrogens is 381 g/mol. The molecule has 0 aliphatic carbocycles. The fourth-order valence-electron chi connectivity index (χ4n) is 2.95. The molecule has 0 spiro atoms. The lowest BCUT2D eigenvalue weighted by atomic mass is 10.2. The summed E-state index contributed by atoms with van der Waals surface area (Å²) in [5.74, 6) is 0. The SMILES string of the molecule is CCN(CC)P(=O)(c1c([N+](=O)[O-])cc([N+](=O)[O-])cc1[N+](=O)[O-])N(CC)CC. The Morgan fingerprint density at radius 2 is 1.11 bits per heavy atom. The van der Waals surface area contributed by atoms with E-state index >= 15 is 0 Å². The summed E-state index contributed by atoms with van der Waals surface area (Å²) in [4.78, 5) is 31.4. The predicted octanol–water partition coefficient (Wildman–Crippen LogP) is 2.91. The Bertz CT molecular complexity index is 741. The van der Waals surface area contributed by atoms with Gasteiger partial charge in [-0.05, 0) is 0 Å². The van der Waals surface area contributed by atoms with Crippen LogP contribution in [0.5, 0.6) is 0 Å². The van der Waals surface area contributed by atoms with Crippen molar-refractivity contribution in [1.82, 2.24) is 9.34 Å². The second-order valence-corrected chi connectivity index (χ2v) is 8.09. The highest BCUT2D eigenvalue weighted by molar-refractivity contribution is 7.67. The molecule has 27 heavy (non-hydrogen) atoms. The van der Waals surface area contributed by atoms with Crippen LogP contribution in [0, 0.1) is 30.3 Å². The van der Waals surface area contributed by atoms with Crippen LogP contribution in [0.25, 0.3) is 0 Å². The van der Waals surface area contributed by atoms with Gasteiger partial charge in [-0.1, -0.05) is 27.7 Å². The highest BCUT2D eigenvalue weighted by Gasteiger charge is 2.48. The van der Waals surface area contributed by atoms with Gasteiger partial charge in [-0.25, -0.2) is 9.34 Å². The molecule has 1 aromatic rings. The molecule has 0 radical (unpaired) electrons. The molecule has 0 amide bonds. The number of benzene rings is 1. The van der Waals surface area contributed by atoms with Gasteiger partial charge in [0, 0.05) is 26.2 Å². The molecule has 1 rings (SSSR count). The molecule has 0 aliphatic rings. The second-order valence-electron chi connectivity index (χ2n) is 5.43. The van der Waals surface area contributed by atoms with E-state index < -0.39 is 44.6 Å². The van der Waals surface area contributed by atoms with Gasteiger partial charge in [0.15, 0.2) is 5.30 Å². The van der Waals surface area contributed by atoms with Crippen molar-refractivity contribution in [1.29, 1.82) is 0 Å². The van der Waals surface area contributed by atoms with E-state index in [9.17, 15) is 34.9 Å². The first-order valence-electron chi connectivity index (χ1n) is 8.32. The molecular formula is C14H22N5O7P. The first kappa shape index (κ1) is 22.6. The third-order valence-electron chi connectivity index (χ3n) is 4.18. The number of rotatable bonds is 10. The van der Waals surface area contributed by atoms with Crippen molar-refractivity contribution in [3.05, 3.63) is 42.5 Å². The van der Waals surface area contributed by atoms with Crippen LogP contribution in [0.1, 0.15) is 27.7 Å². The zero-order chi connectivity index (χ0) is 20.9. The van der Waals surface area contributed by atoms with E-state index in [-0.39, 0.29) is 26.2 Å². The lowest BCUT2D eigenvalue weighted by molar-refractivity contribution is -0.401. The first-order valence-corrected chi connectivity index (χ1v) is 9.93. The number of nitrogens with zero attached hydrogens (tertiary/aromatic N) is 5. The van der Waals surface area contributed by atoms with Crippen LogP contribution in [0.15, 0.2) is 12.1 Å². The lowest BCUT2D eigenvalue weighted by Crippen LogP contribution is -2.38. The van der Waals surface area contributed by atoms with Crippen LogP contribution in [-0.2, 0) is 4.57 Å². The summed E-state index contributed by atoms with van der Waals surface area (Å²) in [5.41, 5.74) is -2.58. The summed E-state index contributed by atoms with van der Waals surface area (Å²) in [7, 11) is -3.96. The van der Waals surface area contributed by atoms with Crippen LogP contribution in [-0.4, -0.2) is 50.3 Å². The van der Waals surface area contributed by atoms with Crippen molar-refractivity contribution in [3.63, 3.8) is 0 Å². The first-order chi connectivity index (χ1) is 12.6. The Morgan fingerprint density at radius 1 is 0.778 bits per heavy atom. The van der Waals surface area contributed by atoms with Gasteiger partial charge < -0.3 is 0 Å². The minimum atomic E-state index is -3.96. The molecule has 0 aromatic heterocycles. The number of hydrogen-bond acceptors (Lipinski definition) is 7. The maximum Gasteiger partial charge on any atom is 0.296 e. The molecule has 0 saturated carbocycles. The summed E-state index contributed by atoms with van der Waals surface area (Å²) >= 11 is 0. The zero-order valence-electron chi connectivity index (χ0n) is 15.5. The minimum Gasteiger partial charge on any atom is -0.283 e. The number of hydrogen-bond donors (Lipinski definition) is 0. The molecule has 0 fully saturated rings. The predicted molar refractivity (Wildman–Crippen MR) is 99.5 cm³/mol.